The lowest BCUT2D eigenvalue weighted by Crippen LogP contribution is -2.28. The van der Waals surface area contributed by atoms with Gasteiger partial charge in [-0.25, -0.2) is 0 Å². The minimum absolute atomic E-state index is 0.137. The first-order valence-corrected chi connectivity index (χ1v) is 6.13. The van der Waals surface area contributed by atoms with Gasteiger partial charge in [-0.2, -0.15) is 0 Å². The highest BCUT2D eigenvalue weighted by molar-refractivity contribution is 5.91. The number of rotatable bonds is 5. The number of amides is 1. The number of hydrogen-bond donors (Lipinski definition) is 2. The van der Waals surface area contributed by atoms with Gasteiger partial charge in [0.25, 0.3) is 0 Å². The Morgan fingerprint density at radius 3 is 2.79 bits per heavy atom. The Morgan fingerprint density at radius 2 is 2.11 bits per heavy atom. The van der Waals surface area contributed by atoms with Crippen molar-refractivity contribution >= 4 is 11.7 Å². The Bertz CT molecular complexity index is 563. The summed E-state index contributed by atoms with van der Waals surface area (Å²) in [6, 6.07) is 9.76. The highest BCUT2D eigenvalue weighted by atomic mass is 16.5. The summed E-state index contributed by atoms with van der Waals surface area (Å²) in [5.74, 6) is 0.977. The Kier molecular flexibility index (Phi) is 4.30. The van der Waals surface area contributed by atoms with Crippen LogP contribution in [0.1, 0.15) is 16.9 Å². The molecule has 1 aromatic heterocycles. The van der Waals surface area contributed by atoms with Gasteiger partial charge < -0.3 is 15.2 Å². The summed E-state index contributed by atoms with van der Waals surface area (Å²) in [7, 11) is 0. The molecule has 0 spiro atoms. The summed E-state index contributed by atoms with van der Waals surface area (Å²) < 4.78 is 4.87. The van der Waals surface area contributed by atoms with Crippen LogP contribution in [0, 0.1) is 13.8 Å². The Labute approximate surface area is 112 Å². The van der Waals surface area contributed by atoms with E-state index in [1.165, 1.54) is 11.1 Å². The third-order valence-electron chi connectivity index (χ3n) is 2.76. The van der Waals surface area contributed by atoms with Gasteiger partial charge in [-0.1, -0.05) is 29.4 Å². The zero-order valence-electron chi connectivity index (χ0n) is 11.1. The first-order chi connectivity index (χ1) is 9.15. The van der Waals surface area contributed by atoms with E-state index in [9.17, 15) is 4.79 Å². The van der Waals surface area contributed by atoms with Crippen molar-refractivity contribution in [2.75, 3.05) is 11.9 Å². The van der Waals surface area contributed by atoms with Crippen molar-refractivity contribution in [3.8, 4) is 0 Å². The van der Waals surface area contributed by atoms with Crippen LogP contribution < -0.4 is 10.6 Å². The predicted octanol–water partition coefficient (Wildman–Crippen LogP) is 2.02. The van der Waals surface area contributed by atoms with Gasteiger partial charge in [0.1, 0.15) is 5.76 Å². The Hall–Kier alpha value is -2.14. The number of aryl methyl sites for hydroxylation is 2. The number of hydrogen-bond acceptors (Lipinski definition) is 4. The highest BCUT2D eigenvalue weighted by Crippen LogP contribution is 2.07. The second-order valence-electron chi connectivity index (χ2n) is 4.40. The number of nitrogens with one attached hydrogen (secondary N) is 2. The van der Waals surface area contributed by atoms with Crippen LogP contribution in [-0.4, -0.2) is 17.6 Å². The van der Waals surface area contributed by atoms with Gasteiger partial charge >= 0.3 is 0 Å². The molecule has 0 bridgehead atoms. The molecule has 100 valence electrons. The maximum atomic E-state index is 11.6. The number of carbonyl (C=O) groups excluding carboxylic acids is 1. The summed E-state index contributed by atoms with van der Waals surface area (Å²) in [5, 5.41) is 9.46. The molecule has 5 heteroatoms. The van der Waals surface area contributed by atoms with E-state index in [0.29, 0.717) is 18.1 Å². The molecule has 0 saturated heterocycles. The van der Waals surface area contributed by atoms with Crippen molar-refractivity contribution < 1.29 is 9.32 Å². The van der Waals surface area contributed by atoms with Gasteiger partial charge in [0, 0.05) is 12.6 Å². The Morgan fingerprint density at radius 1 is 1.32 bits per heavy atom. The van der Waals surface area contributed by atoms with Gasteiger partial charge in [-0.3, -0.25) is 4.79 Å². The van der Waals surface area contributed by atoms with Crippen molar-refractivity contribution in [1.82, 2.24) is 10.5 Å². The molecule has 1 heterocycles. The first kappa shape index (κ1) is 13.3. The van der Waals surface area contributed by atoms with Crippen molar-refractivity contribution in [3.63, 3.8) is 0 Å². The van der Waals surface area contributed by atoms with Gasteiger partial charge in [-0.05, 0) is 25.0 Å². The highest BCUT2D eigenvalue weighted by Gasteiger charge is 2.05. The second-order valence-corrected chi connectivity index (χ2v) is 4.40. The summed E-state index contributed by atoms with van der Waals surface area (Å²) in [6.45, 7) is 4.73. The molecule has 0 fully saturated rings. The number of nitrogens with zero attached hydrogens (tertiary/aromatic N) is 1. The standard InChI is InChI=1S/C14H17N3O2/c1-10-5-3-4-6-12(10)8-15-9-14(18)16-13-7-11(2)19-17-13/h3-7,15H,8-9H2,1-2H3,(H,16,17,18). The summed E-state index contributed by atoms with van der Waals surface area (Å²) in [5.41, 5.74) is 2.40. The van der Waals surface area contributed by atoms with Crippen LogP contribution in [-0.2, 0) is 11.3 Å². The zero-order valence-corrected chi connectivity index (χ0v) is 11.1. The number of aromatic nitrogens is 1. The maximum Gasteiger partial charge on any atom is 0.239 e. The van der Waals surface area contributed by atoms with Crippen LogP contribution in [0.3, 0.4) is 0 Å². The SMILES string of the molecule is Cc1cc(NC(=O)CNCc2ccccc2C)no1. The Balaban J connectivity index is 1.77. The third-order valence-corrected chi connectivity index (χ3v) is 2.76. The average molecular weight is 259 g/mol. The van der Waals surface area contributed by atoms with E-state index in [4.69, 9.17) is 4.52 Å². The molecule has 0 saturated carbocycles. The van der Waals surface area contributed by atoms with Gasteiger partial charge in [0.05, 0.1) is 6.54 Å². The van der Waals surface area contributed by atoms with E-state index in [1.54, 1.807) is 13.0 Å². The average Bonchev–Trinajstić information content (AvgIpc) is 2.77. The van der Waals surface area contributed by atoms with Crippen molar-refractivity contribution in [2.24, 2.45) is 0 Å². The van der Waals surface area contributed by atoms with Crippen LogP contribution in [0.4, 0.5) is 5.82 Å². The lowest BCUT2D eigenvalue weighted by atomic mass is 10.1. The molecular formula is C14H17N3O2. The van der Waals surface area contributed by atoms with Crippen LogP contribution in [0.25, 0.3) is 0 Å². The lowest BCUT2D eigenvalue weighted by Gasteiger charge is -2.07. The van der Waals surface area contributed by atoms with Gasteiger partial charge in [0.15, 0.2) is 5.82 Å². The fourth-order valence-electron chi connectivity index (χ4n) is 1.73. The summed E-state index contributed by atoms with van der Waals surface area (Å²) in [6.07, 6.45) is 0. The molecule has 0 aliphatic heterocycles. The van der Waals surface area contributed by atoms with Crippen LogP contribution in [0.15, 0.2) is 34.9 Å². The molecule has 2 aromatic rings. The normalized spacial score (nSPS) is 10.4. The lowest BCUT2D eigenvalue weighted by molar-refractivity contribution is -0.115. The summed E-state index contributed by atoms with van der Waals surface area (Å²) in [4.78, 5) is 11.6. The van der Waals surface area contributed by atoms with E-state index in [-0.39, 0.29) is 12.5 Å². The van der Waals surface area contributed by atoms with E-state index >= 15 is 0 Å². The van der Waals surface area contributed by atoms with Crippen molar-refractivity contribution in [1.29, 1.82) is 0 Å². The van der Waals surface area contributed by atoms with Gasteiger partial charge in [-0.15, -0.1) is 0 Å². The van der Waals surface area contributed by atoms with Crippen molar-refractivity contribution in [3.05, 3.63) is 47.2 Å². The molecule has 0 radical (unpaired) electrons. The topological polar surface area (TPSA) is 67.2 Å². The summed E-state index contributed by atoms with van der Waals surface area (Å²) >= 11 is 0. The van der Waals surface area contributed by atoms with Crippen LogP contribution in [0.2, 0.25) is 0 Å². The van der Waals surface area contributed by atoms with Gasteiger partial charge in [0.2, 0.25) is 5.91 Å². The third kappa shape index (κ3) is 3.93. The molecule has 1 amide bonds. The number of anilines is 1. The fraction of sp³-hybridized carbons (Fsp3) is 0.286. The van der Waals surface area contributed by atoms with Crippen LogP contribution >= 0.6 is 0 Å². The molecule has 19 heavy (non-hydrogen) atoms. The van der Waals surface area contributed by atoms with E-state index in [0.717, 1.165) is 0 Å². The monoisotopic (exact) mass is 259 g/mol. The molecule has 2 rings (SSSR count). The largest absolute Gasteiger partial charge is 0.360 e. The smallest absolute Gasteiger partial charge is 0.239 e. The second kappa shape index (κ2) is 6.15. The first-order valence-electron chi connectivity index (χ1n) is 6.13. The molecule has 2 N–H and O–H groups in total. The van der Waals surface area contributed by atoms with E-state index in [1.807, 2.05) is 18.2 Å². The minimum atomic E-state index is -0.137. The van der Waals surface area contributed by atoms with Crippen LogP contribution in [0.5, 0.6) is 0 Å². The van der Waals surface area contributed by atoms with Crippen molar-refractivity contribution in [2.45, 2.75) is 20.4 Å². The molecule has 1 aromatic carbocycles. The minimum Gasteiger partial charge on any atom is -0.360 e. The van der Waals surface area contributed by atoms with E-state index in [2.05, 4.69) is 28.8 Å². The number of carbonyl (C=O) groups is 1. The fourth-order valence-corrected chi connectivity index (χ4v) is 1.73. The quantitative estimate of drug-likeness (QED) is 0.862. The maximum absolute atomic E-state index is 11.6. The molecule has 5 nitrogen and oxygen atoms in total. The van der Waals surface area contributed by atoms with E-state index < -0.39 is 0 Å². The molecule has 0 atom stereocenters. The molecule has 0 unspecified atom stereocenters. The zero-order chi connectivity index (χ0) is 13.7. The molecular weight excluding hydrogens is 242 g/mol. The predicted molar refractivity (Wildman–Crippen MR) is 72.8 cm³/mol. The molecule has 0 aliphatic carbocycles. The molecule has 0 aliphatic rings. The number of benzene rings is 1.